The Kier molecular flexibility index (Phi) is 3.81. The highest BCUT2D eigenvalue weighted by Gasteiger charge is 2.31. The summed E-state index contributed by atoms with van der Waals surface area (Å²) in [5, 5.41) is 11.9. The van der Waals surface area contributed by atoms with Crippen molar-refractivity contribution in [2.75, 3.05) is 19.0 Å². The van der Waals surface area contributed by atoms with Crippen LogP contribution >= 0.6 is 0 Å². The molecule has 0 saturated heterocycles. The molecule has 2 rings (SSSR count). The fourth-order valence-electron chi connectivity index (χ4n) is 1.94. The molecule has 1 aromatic rings. The van der Waals surface area contributed by atoms with E-state index in [4.69, 9.17) is 9.84 Å². The van der Waals surface area contributed by atoms with Crippen LogP contribution in [0.4, 0.5) is 10.1 Å². The van der Waals surface area contributed by atoms with Gasteiger partial charge >= 0.3 is 5.97 Å². The number of carboxylic acid groups (broad SMARTS) is 1. The minimum atomic E-state index is -1.06. The van der Waals surface area contributed by atoms with Gasteiger partial charge in [0.05, 0.1) is 23.9 Å². The van der Waals surface area contributed by atoms with E-state index in [2.05, 4.69) is 5.32 Å². The van der Waals surface area contributed by atoms with E-state index < -0.39 is 11.8 Å². The van der Waals surface area contributed by atoms with Crippen LogP contribution in [0, 0.1) is 11.7 Å². The third kappa shape index (κ3) is 2.98. The molecule has 4 nitrogen and oxygen atoms in total. The first kappa shape index (κ1) is 12.8. The molecule has 1 saturated carbocycles. The van der Waals surface area contributed by atoms with Crippen molar-refractivity contribution in [3.05, 3.63) is 29.6 Å². The SMILES string of the molecule is COCC(Nc1cc(C(=O)O)ccc1F)C1CC1. The van der Waals surface area contributed by atoms with E-state index in [0.717, 1.165) is 12.8 Å². The minimum absolute atomic E-state index is 0.0357. The maximum Gasteiger partial charge on any atom is 0.335 e. The third-order valence-electron chi connectivity index (χ3n) is 3.09. The smallest absolute Gasteiger partial charge is 0.335 e. The molecule has 0 aromatic heterocycles. The predicted octanol–water partition coefficient (Wildman–Crippen LogP) is 2.36. The molecule has 0 amide bonds. The van der Waals surface area contributed by atoms with Gasteiger partial charge in [-0.15, -0.1) is 0 Å². The molecule has 1 aliphatic rings. The number of hydrogen-bond acceptors (Lipinski definition) is 3. The monoisotopic (exact) mass is 253 g/mol. The van der Waals surface area contributed by atoms with Gasteiger partial charge in [-0.3, -0.25) is 0 Å². The lowest BCUT2D eigenvalue weighted by Gasteiger charge is -2.19. The number of rotatable bonds is 6. The molecule has 18 heavy (non-hydrogen) atoms. The number of carbonyl (C=O) groups is 1. The molecule has 0 bridgehead atoms. The van der Waals surface area contributed by atoms with Crippen molar-refractivity contribution in [3.8, 4) is 0 Å². The van der Waals surface area contributed by atoms with Crippen molar-refractivity contribution in [1.29, 1.82) is 0 Å². The Bertz CT molecular complexity index is 446. The Morgan fingerprint density at radius 2 is 2.33 bits per heavy atom. The van der Waals surface area contributed by atoms with E-state index in [0.29, 0.717) is 12.5 Å². The lowest BCUT2D eigenvalue weighted by Crippen LogP contribution is -2.27. The Morgan fingerprint density at radius 1 is 1.61 bits per heavy atom. The first-order chi connectivity index (χ1) is 8.61. The molecule has 5 heteroatoms. The van der Waals surface area contributed by atoms with Crippen molar-refractivity contribution < 1.29 is 19.0 Å². The molecule has 0 spiro atoms. The van der Waals surface area contributed by atoms with Crippen LogP contribution in [0.15, 0.2) is 18.2 Å². The van der Waals surface area contributed by atoms with E-state index in [1.807, 2.05) is 0 Å². The minimum Gasteiger partial charge on any atom is -0.478 e. The maximum atomic E-state index is 13.6. The van der Waals surface area contributed by atoms with Crippen LogP contribution in [0.25, 0.3) is 0 Å². The van der Waals surface area contributed by atoms with Gasteiger partial charge in [-0.05, 0) is 37.0 Å². The summed E-state index contributed by atoms with van der Waals surface area (Å²) in [5.74, 6) is -1.02. The van der Waals surface area contributed by atoms with Crippen LogP contribution in [-0.2, 0) is 4.74 Å². The summed E-state index contributed by atoms with van der Waals surface area (Å²) < 4.78 is 18.7. The number of nitrogens with one attached hydrogen (secondary N) is 1. The summed E-state index contributed by atoms with van der Waals surface area (Å²) in [6, 6.07) is 3.78. The average Bonchev–Trinajstić information content (AvgIpc) is 3.14. The zero-order valence-electron chi connectivity index (χ0n) is 10.1. The van der Waals surface area contributed by atoms with Crippen molar-refractivity contribution >= 4 is 11.7 Å². The van der Waals surface area contributed by atoms with Gasteiger partial charge in [0.15, 0.2) is 0 Å². The van der Waals surface area contributed by atoms with Crippen LogP contribution in [0.3, 0.4) is 0 Å². The highest BCUT2D eigenvalue weighted by atomic mass is 19.1. The number of anilines is 1. The quantitative estimate of drug-likeness (QED) is 0.817. The van der Waals surface area contributed by atoms with E-state index in [1.54, 1.807) is 7.11 Å². The number of ether oxygens (including phenoxy) is 1. The molecule has 98 valence electrons. The largest absolute Gasteiger partial charge is 0.478 e. The van der Waals surface area contributed by atoms with Crippen LogP contribution in [0.2, 0.25) is 0 Å². The lowest BCUT2D eigenvalue weighted by atomic mass is 10.1. The zero-order valence-corrected chi connectivity index (χ0v) is 10.1. The normalized spacial score (nSPS) is 16.3. The molecule has 1 aromatic carbocycles. The predicted molar refractivity (Wildman–Crippen MR) is 65.4 cm³/mol. The van der Waals surface area contributed by atoms with Gasteiger partial charge in [0.1, 0.15) is 5.82 Å². The van der Waals surface area contributed by atoms with Crippen molar-refractivity contribution in [1.82, 2.24) is 0 Å². The first-order valence-corrected chi connectivity index (χ1v) is 5.90. The molecule has 1 aliphatic carbocycles. The number of methoxy groups -OCH3 is 1. The Hall–Kier alpha value is -1.62. The van der Waals surface area contributed by atoms with Crippen molar-refractivity contribution in [2.45, 2.75) is 18.9 Å². The molecule has 0 heterocycles. The first-order valence-electron chi connectivity index (χ1n) is 5.90. The second kappa shape index (κ2) is 5.35. The summed E-state index contributed by atoms with van der Waals surface area (Å²) >= 11 is 0. The molecular weight excluding hydrogens is 237 g/mol. The number of halogens is 1. The van der Waals surface area contributed by atoms with Crippen LogP contribution in [0.5, 0.6) is 0 Å². The third-order valence-corrected chi connectivity index (χ3v) is 3.09. The zero-order chi connectivity index (χ0) is 13.1. The summed E-state index contributed by atoms with van der Waals surface area (Å²) in [6.07, 6.45) is 2.20. The van der Waals surface area contributed by atoms with E-state index >= 15 is 0 Å². The molecule has 1 fully saturated rings. The van der Waals surface area contributed by atoms with Gasteiger partial charge in [0, 0.05) is 7.11 Å². The summed E-state index contributed by atoms with van der Waals surface area (Å²) in [6.45, 7) is 0.488. The Balaban J connectivity index is 2.15. The van der Waals surface area contributed by atoms with Gasteiger partial charge in [-0.2, -0.15) is 0 Å². The second-order valence-corrected chi connectivity index (χ2v) is 4.54. The van der Waals surface area contributed by atoms with Crippen LogP contribution in [0.1, 0.15) is 23.2 Å². The van der Waals surface area contributed by atoms with Gasteiger partial charge < -0.3 is 15.2 Å². The number of aromatic carboxylic acids is 1. The topological polar surface area (TPSA) is 58.6 Å². The van der Waals surface area contributed by atoms with E-state index in [-0.39, 0.29) is 17.3 Å². The molecular formula is C13H16FNO3. The highest BCUT2D eigenvalue weighted by Crippen LogP contribution is 2.34. The van der Waals surface area contributed by atoms with Crippen molar-refractivity contribution in [3.63, 3.8) is 0 Å². The summed E-state index contributed by atoms with van der Waals surface area (Å²) in [7, 11) is 1.60. The van der Waals surface area contributed by atoms with Crippen LogP contribution in [-0.4, -0.2) is 30.8 Å². The van der Waals surface area contributed by atoms with Gasteiger partial charge in [-0.1, -0.05) is 0 Å². The fraction of sp³-hybridized carbons (Fsp3) is 0.462. The summed E-state index contributed by atoms with van der Waals surface area (Å²) in [4.78, 5) is 10.8. The van der Waals surface area contributed by atoms with Gasteiger partial charge in [0.25, 0.3) is 0 Å². The molecule has 0 radical (unpaired) electrons. The molecule has 1 atom stereocenters. The molecule has 1 unspecified atom stereocenters. The average molecular weight is 253 g/mol. The number of benzene rings is 1. The molecule has 0 aliphatic heterocycles. The summed E-state index contributed by atoms with van der Waals surface area (Å²) in [5.41, 5.74) is 0.301. The van der Waals surface area contributed by atoms with Crippen LogP contribution < -0.4 is 5.32 Å². The lowest BCUT2D eigenvalue weighted by molar-refractivity contribution is 0.0697. The number of carboxylic acids is 1. The standard InChI is InChI=1S/C13H16FNO3/c1-18-7-12(8-2-3-8)15-11-6-9(13(16)17)4-5-10(11)14/h4-6,8,12,15H,2-3,7H2,1H3,(H,16,17). The fourth-order valence-corrected chi connectivity index (χ4v) is 1.94. The number of hydrogen-bond donors (Lipinski definition) is 2. The van der Waals surface area contributed by atoms with Crippen molar-refractivity contribution in [2.24, 2.45) is 5.92 Å². The molecule has 2 N–H and O–H groups in total. The van der Waals surface area contributed by atoms with Gasteiger partial charge in [0.2, 0.25) is 0 Å². The van der Waals surface area contributed by atoms with E-state index in [9.17, 15) is 9.18 Å². The van der Waals surface area contributed by atoms with E-state index in [1.165, 1.54) is 18.2 Å². The highest BCUT2D eigenvalue weighted by molar-refractivity contribution is 5.88. The second-order valence-electron chi connectivity index (χ2n) is 4.54. The Labute approximate surface area is 105 Å². The van der Waals surface area contributed by atoms with Gasteiger partial charge in [-0.25, -0.2) is 9.18 Å². The Morgan fingerprint density at radius 3 is 2.89 bits per heavy atom. The maximum absolute atomic E-state index is 13.6.